The number of benzene rings is 8. The van der Waals surface area contributed by atoms with Crippen LogP contribution in [0.4, 0.5) is 17.1 Å². The summed E-state index contributed by atoms with van der Waals surface area (Å²) in [7, 11) is 0. The number of fused-ring (bicyclic) bond motifs is 5. The molecule has 1 nitrogen and oxygen atoms in total. The second-order valence-corrected chi connectivity index (χ2v) is 14.3. The van der Waals surface area contributed by atoms with Crippen molar-refractivity contribution < 1.29 is 0 Å². The van der Waals surface area contributed by atoms with Gasteiger partial charge in [0.2, 0.25) is 0 Å². The van der Waals surface area contributed by atoms with Crippen molar-refractivity contribution in [2.24, 2.45) is 0 Å². The summed E-state index contributed by atoms with van der Waals surface area (Å²) in [6, 6.07) is 68.4. The molecule has 0 unspecified atom stereocenters. The number of rotatable bonds is 6. The maximum absolute atomic E-state index is 2.43. The van der Waals surface area contributed by atoms with Gasteiger partial charge in [0.25, 0.3) is 0 Å². The average Bonchev–Trinajstić information content (AvgIpc) is 3.56. The normalized spacial score (nSPS) is 11.3. The molecule has 0 N–H and O–H groups in total. The molecular weight excluding hydrogens is 645 g/mol. The van der Waals surface area contributed by atoms with Crippen LogP contribution < -0.4 is 4.90 Å². The number of hydrogen-bond acceptors (Lipinski definition) is 1. The Morgan fingerprint density at radius 3 is 1.75 bits per heavy atom. The Hall–Kier alpha value is -5.66. The van der Waals surface area contributed by atoms with Crippen LogP contribution >= 0.6 is 0 Å². The van der Waals surface area contributed by atoms with Gasteiger partial charge in [-0.3, -0.25) is 0 Å². The molecule has 9 aromatic rings. The van der Waals surface area contributed by atoms with Crippen molar-refractivity contribution in [3.8, 4) is 33.4 Å². The van der Waals surface area contributed by atoms with Gasteiger partial charge in [-0.05, 0) is 11.1 Å². The molecule has 0 fully saturated rings. The minimum atomic E-state index is 0.294. The molecule has 0 aliphatic rings. The average molecular weight is 677 g/mol. The Bertz CT molecular complexity index is 2550. The quantitative estimate of drug-likeness (QED) is 0.159. The molecule has 0 bridgehead atoms. The second kappa shape index (κ2) is 12.2. The second-order valence-electron chi connectivity index (χ2n) is 12.1. The van der Waals surface area contributed by atoms with Crippen molar-refractivity contribution >= 4 is 61.6 Å². The molecule has 8 aromatic carbocycles. The van der Waals surface area contributed by atoms with E-state index in [2.05, 4.69) is 193 Å². The molecule has 9 rings (SSSR count). The van der Waals surface area contributed by atoms with E-state index in [1.54, 1.807) is 0 Å². The van der Waals surface area contributed by atoms with Gasteiger partial charge in [-0.2, -0.15) is 0 Å². The summed E-state index contributed by atoms with van der Waals surface area (Å²) in [4.78, 5) is 2.38. The number of para-hydroxylation sites is 2. The van der Waals surface area contributed by atoms with E-state index in [-0.39, 0.29) is 0 Å². The van der Waals surface area contributed by atoms with Crippen LogP contribution in [0.25, 0.3) is 63.4 Å². The summed E-state index contributed by atoms with van der Waals surface area (Å²) in [5.41, 5.74) is 10.7. The van der Waals surface area contributed by atoms with Gasteiger partial charge in [-0.15, -0.1) is 0 Å². The van der Waals surface area contributed by atoms with Crippen LogP contribution in [0.3, 0.4) is 0 Å². The molecule has 0 radical (unpaired) electrons. The molecular formula is C46H31NSe. The van der Waals surface area contributed by atoms with Crippen molar-refractivity contribution in [2.75, 3.05) is 4.90 Å². The van der Waals surface area contributed by atoms with Gasteiger partial charge in [-0.1, -0.05) is 36.4 Å². The predicted molar refractivity (Wildman–Crippen MR) is 207 cm³/mol. The molecule has 0 saturated carbocycles. The smallest absolute Gasteiger partial charge is 0.0617 e. The van der Waals surface area contributed by atoms with Crippen molar-refractivity contribution in [3.63, 3.8) is 0 Å². The third-order valence-corrected chi connectivity index (χ3v) is 11.8. The fraction of sp³-hybridized carbons (Fsp3) is 0. The van der Waals surface area contributed by atoms with E-state index in [0.717, 1.165) is 17.1 Å². The standard InChI is InChI=1S/C46H31NSe/c1-3-13-32(14-4-1)33-25-28-37(29-26-33)47(36-15-5-2-6-16-36)44-21-11-9-19-40(44)39-18-8-7-17-38(39)35-24-23-34-27-30-42-41-20-10-12-22-45(41)48-46(42)43(34)31-35/h1-31H. The Balaban J connectivity index is 1.20. The molecule has 0 aliphatic carbocycles. The zero-order valence-corrected chi connectivity index (χ0v) is 28.0. The summed E-state index contributed by atoms with van der Waals surface area (Å²) in [6.07, 6.45) is 0. The molecule has 48 heavy (non-hydrogen) atoms. The van der Waals surface area contributed by atoms with E-state index in [4.69, 9.17) is 0 Å². The molecule has 2 heteroatoms. The van der Waals surface area contributed by atoms with Crippen molar-refractivity contribution in [1.29, 1.82) is 0 Å². The fourth-order valence-corrected chi connectivity index (χ4v) is 9.55. The SMILES string of the molecule is c1ccc(-c2ccc(N(c3ccccc3)c3ccccc3-c3ccccc3-c3ccc4ccc5c6ccccc6[se]c5c4c3)cc2)cc1. The first-order valence-electron chi connectivity index (χ1n) is 16.4. The first-order valence-corrected chi connectivity index (χ1v) is 18.1. The molecule has 1 aromatic heterocycles. The monoisotopic (exact) mass is 677 g/mol. The Morgan fingerprint density at radius 2 is 0.938 bits per heavy atom. The van der Waals surface area contributed by atoms with Crippen LogP contribution in [0.15, 0.2) is 188 Å². The summed E-state index contributed by atoms with van der Waals surface area (Å²) >= 11 is 0.294. The zero-order valence-electron chi connectivity index (χ0n) is 26.3. The molecule has 1 heterocycles. The van der Waals surface area contributed by atoms with E-state index in [1.165, 1.54) is 63.4 Å². The first-order chi connectivity index (χ1) is 23.8. The van der Waals surface area contributed by atoms with Gasteiger partial charge in [0, 0.05) is 0 Å². The molecule has 0 spiro atoms. The van der Waals surface area contributed by atoms with Crippen LogP contribution in [0.1, 0.15) is 0 Å². The number of anilines is 3. The van der Waals surface area contributed by atoms with Gasteiger partial charge in [0.1, 0.15) is 0 Å². The van der Waals surface area contributed by atoms with Gasteiger partial charge in [0.05, 0.1) is 0 Å². The van der Waals surface area contributed by atoms with Crippen LogP contribution in [-0.2, 0) is 0 Å². The summed E-state index contributed by atoms with van der Waals surface area (Å²) in [5, 5.41) is 5.46. The van der Waals surface area contributed by atoms with Crippen molar-refractivity contribution in [3.05, 3.63) is 188 Å². The molecule has 226 valence electrons. The maximum atomic E-state index is 2.43. The predicted octanol–water partition coefficient (Wildman–Crippen LogP) is 12.7. The Morgan fingerprint density at radius 1 is 0.354 bits per heavy atom. The first kappa shape index (κ1) is 28.6. The van der Waals surface area contributed by atoms with Crippen molar-refractivity contribution in [1.82, 2.24) is 0 Å². The Labute approximate surface area is 286 Å². The third-order valence-electron chi connectivity index (χ3n) is 9.28. The Kier molecular flexibility index (Phi) is 7.24. The summed E-state index contributed by atoms with van der Waals surface area (Å²) < 4.78 is 2.97. The molecule has 0 aliphatic heterocycles. The van der Waals surface area contributed by atoms with Crippen LogP contribution in [0.5, 0.6) is 0 Å². The molecule has 0 saturated heterocycles. The van der Waals surface area contributed by atoms with Crippen LogP contribution in [0.2, 0.25) is 0 Å². The van der Waals surface area contributed by atoms with Gasteiger partial charge in [0.15, 0.2) is 0 Å². The minimum Gasteiger partial charge on any atom is -0.0617 e. The molecule has 0 amide bonds. The fourth-order valence-electron chi connectivity index (χ4n) is 6.97. The topological polar surface area (TPSA) is 3.24 Å². The van der Waals surface area contributed by atoms with Gasteiger partial charge < -0.3 is 0 Å². The summed E-state index contributed by atoms with van der Waals surface area (Å²) in [6.45, 7) is 0. The van der Waals surface area contributed by atoms with Crippen molar-refractivity contribution in [2.45, 2.75) is 0 Å². The zero-order chi connectivity index (χ0) is 31.9. The summed E-state index contributed by atoms with van der Waals surface area (Å²) in [5.74, 6) is 0. The third kappa shape index (κ3) is 5.04. The van der Waals surface area contributed by atoms with E-state index >= 15 is 0 Å². The number of nitrogens with zero attached hydrogens (tertiary/aromatic N) is 1. The minimum absolute atomic E-state index is 0.294. The van der Waals surface area contributed by atoms with E-state index in [9.17, 15) is 0 Å². The van der Waals surface area contributed by atoms with E-state index < -0.39 is 0 Å². The van der Waals surface area contributed by atoms with Gasteiger partial charge >= 0.3 is 240 Å². The number of hydrogen-bond donors (Lipinski definition) is 0. The van der Waals surface area contributed by atoms with E-state index in [1.807, 2.05) is 0 Å². The molecule has 0 atom stereocenters. The van der Waals surface area contributed by atoms with E-state index in [0.29, 0.717) is 14.5 Å². The van der Waals surface area contributed by atoms with Crippen LogP contribution in [0, 0.1) is 0 Å². The van der Waals surface area contributed by atoms with Gasteiger partial charge in [-0.25, -0.2) is 0 Å². The van der Waals surface area contributed by atoms with Crippen LogP contribution in [-0.4, -0.2) is 14.5 Å².